The van der Waals surface area contributed by atoms with E-state index in [0.29, 0.717) is 0 Å². The Bertz CT molecular complexity index is 200. The summed E-state index contributed by atoms with van der Waals surface area (Å²) in [5.41, 5.74) is 0. The summed E-state index contributed by atoms with van der Waals surface area (Å²) in [6.07, 6.45) is 3.06. The lowest BCUT2D eigenvalue weighted by Gasteiger charge is -2.41. The van der Waals surface area contributed by atoms with Crippen molar-refractivity contribution >= 4 is 14.2 Å². The van der Waals surface area contributed by atoms with Gasteiger partial charge in [0.2, 0.25) is 0 Å². The van der Waals surface area contributed by atoms with Crippen LogP contribution in [0.2, 0.25) is 19.6 Å². The summed E-state index contributed by atoms with van der Waals surface area (Å²) in [4.78, 5) is 11.0. The second-order valence-electron chi connectivity index (χ2n) is 4.71. The van der Waals surface area contributed by atoms with Crippen LogP contribution in [0.5, 0.6) is 0 Å². The Morgan fingerprint density at radius 1 is 1.38 bits per heavy atom. The van der Waals surface area contributed by atoms with Gasteiger partial charge in [-0.25, -0.2) is 0 Å². The van der Waals surface area contributed by atoms with Crippen molar-refractivity contribution in [3.05, 3.63) is 0 Å². The Balaban J connectivity index is 2.73. The predicted octanol–water partition coefficient (Wildman–Crippen LogP) is 1.76. The van der Waals surface area contributed by atoms with E-state index in [1.54, 1.807) is 0 Å². The highest BCUT2D eigenvalue weighted by atomic mass is 28.3. The van der Waals surface area contributed by atoms with Crippen molar-refractivity contribution in [2.45, 2.75) is 44.9 Å². The molecule has 4 heteroatoms. The van der Waals surface area contributed by atoms with Crippen molar-refractivity contribution in [1.29, 1.82) is 0 Å². The summed E-state index contributed by atoms with van der Waals surface area (Å²) < 4.78 is 2.23. The number of hydrogen-bond donors (Lipinski definition) is 1. The molecule has 1 rings (SSSR count). The van der Waals surface area contributed by atoms with Gasteiger partial charge in [-0.3, -0.25) is 4.79 Å². The Morgan fingerprint density at radius 3 is 2.38 bits per heavy atom. The highest BCUT2D eigenvalue weighted by molar-refractivity contribution is 6.73. The topological polar surface area (TPSA) is 40.5 Å². The molecule has 1 aliphatic rings. The number of piperidine rings is 1. The number of hydrogen-bond acceptors (Lipinski definition) is 2. The van der Waals surface area contributed by atoms with Crippen molar-refractivity contribution in [1.82, 2.24) is 4.57 Å². The number of aliphatic carboxylic acids is 1. The van der Waals surface area contributed by atoms with Gasteiger partial charge in [-0.15, -0.1) is 0 Å². The maximum atomic E-state index is 11.0. The average Bonchev–Trinajstić information content (AvgIpc) is 2.03. The smallest absolute Gasteiger partial charge is 0.320 e. The highest BCUT2D eigenvalue weighted by Gasteiger charge is 2.36. The molecule has 1 atom stereocenters. The van der Waals surface area contributed by atoms with E-state index in [-0.39, 0.29) is 6.04 Å². The van der Waals surface area contributed by atoms with Crippen LogP contribution in [-0.2, 0) is 4.79 Å². The number of carboxylic acid groups (broad SMARTS) is 1. The molecule has 0 radical (unpaired) electrons. The summed E-state index contributed by atoms with van der Waals surface area (Å²) in [5, 5.41) is 9.05. The average molecular weight is 201 g/mol. The summed E-state index contributed by atoms with van der Waals surface area (Å²) >= 11 is 0. The van der Waals surface area contributed by atoms with Crippen LogP contribution < -0.4 is 0 Å². The first kappa shape index (κ1) is 10.7. The summed E-state index contributed by atoms with van der Waals surface area (Å²) in [5.74, 6) is -0.637. The van der Waals surface area contributed by atoms with Crippen LogP contribution in [0.4, 0.5) is 0 Å². The van der Waals surface area contributed by atoms with Gasteiger partial charge in [0, 0.05) is 0 Å². The minimum Gasteiger partial charge on any atom is -0.480 e. The standard InChI is InChI=1S/C9H19NO2Si/c1-13(2,3)10-7-5-4-6-8(10)9(11)12/h8H,4-7H2,1-3H3,(H,11,12). The van der Waals surface area contributed by atoms with Crippen LogP contribution in [0.1, 0.15) is 19.3 Å². The summed E-state index contributed by atoms with van der Waals surface area (Å²) in [6.45, 7) is 7.63. The molecule has 0 aliphatic carbocycles. The maximum absolute atomic E-state index is 11.0. The highest BCUT2D eigenvalue weighted by Crippen LogP contribution is 2.23. The van der Waals surface area contributed by atoms with Gasteiger partial charge in [0.05, 0.1) is 0 Å². The molecule has 1 saturated heterocycles. The second kappa shape index (κ2) is 3.80. The third-order valence-electron chi connectivity index (χ3n) is 2.65. The Kier molecular flexibility index (Phi) is 3.13. The van der Waals surface area contributed by atoms with Gasteiger partial charge in [-0.05, 0) is 19.4 Å². The zero-order valence-electron chi connectivity index (χ0n) is 8.71. The first-order chi connectivity index (χ1) is 5.93. The van der Waals surface area contributed by atoms with Crippen LogP contribution in [0, 0.1) is 0 Å². The molecule has 0 aromatic rings. The van der Waals surface area contributed by atoms with Crippen molar-refractivity contribution in [3.8, 4) is 0 Å². The Hall–Kier alpha value is -0.353. The quantitative estimate of drug-likeness (QED) is 0.692. The molecule has 1 fully saturated rings. The van der Waals surface area contributed by atoms with Crippen LogP contribution in [0.15, 0.2) is 0 Å². The molecule has 0 bridgehead atoms. The first-order valence-corrected chi connectivity index (χ1v) is 8.37. The molecule has 1 N–H and O–H groups in total. The van der Waals surface area contributed by atoms with Crippen molar-refractivity contribution in [2.24, 2.45) is 0 Å². The van der Waals surface area contributed by atoms with Crippen molar-refractivity contribution in [2.75, 3.05) is 6.54 Å². The normalized spacial score (nSPS) is 25.9. The van der Waals surface area contributed by atoms with Gasteiger partial charge < -0.3 is 9.67 Å². The van der Waals surface area contributed by atoms with E-state index < -0.39 is 14.2 Å². The molecule has 0 spiro atoms. The molecule has 0 amide bonds. The molecule has 3 nitrogen and oxygen atoms in total. The number of carbonyl (C=O) groups is 1. The van der Waals surface area contributed by atoms with Gasteiger partial charge in [0.1, 0.15) is 14.3 Å². The zero-order valence-corrected chi connectivity index (χ0v) is 9.71. The fraction of sp³-hybridized carbons (Fsp3) is 0.889. The molecule has 1 heterocycles. The minimum atomic E-state index is -1.43. The molecule has 13 heavy (non-hydrogen) atoms. The fourth-order valence-electron chi connectivity index (χ4n) is 1.99. The Morgan fingerprint density at radius 2 is 2.00 bits per heavy atom. The van der Waals surface area contributed by atoms with E-state index in [0.717, 1.165) is 25.8 Å². The van der Waals surface area contributed by atoms with E-state index in [2.05, 4.69) is 24.2 Å². The lowest BCUT2D eigenvalue weighted by molar-refractivity contribution is -0.142. The van der Waals surface area contributed by atoms with Gasteiger partial charge in [-0.1, -0.05) is 26.1 Å². The molecular weight excluding hydrogens is 182 g/mol. The minimum absolute atomic E-state index is 0.208. The predicted molar refractivity (Wildman–Crippen MR) is 55.3 cm³/mol. The Labute approximate surface area is 80.8 Å². The number of nitrogens with zero attached hydrogens (tertiary/aromatic N) is 1. The third kappa shape index (κ3) is 2.54. The van der Waals surface area contributed by atoms with Crippen molar-refractivity contribution in [3.63, 3.8) is 0 Å². The van der Waals surface area contributed by atoms with E-state index >= 15 is 0 Å². The van der Waals surface area contributed by atoms with E-state index in [1.165, 1.54) is 0 Å². The van der Waals surface area contributed by atoms with Gasteiger partial charge in [0.15, 0.2) is 0 Å². The van der Waals surface area contributed by atoms with Gasteiger partial charge >= 0.3 is 5.97 Å². The maximum Gasteiger partial charge on any atom is 0.320 e. The monoisotopic (exact) mass is 201 g/mol. The SMILES string of the molecule is C[Si](C)(C)N1CCCCC1C(=O)O. The van der Waals surface area contributed by atoms with E-state index in [9.17, 15) is 4.79 Å². The third-order valence-corrected chi connectivity index (χ3v) is 4.91. The fourth-order valence-corrected chi connectivity index (χ4v) is 3.99. The zero-order chi connectivity index (χ0) is 10.1. The number of rotatable bonds is 2. The van der Waals surface area contributed by atoms with Gasteiger partial charge in [-0.2, -0.15) is 0 Å². The van der Waals surface area contributed by atoms with Crippen molar-refractivity contribution < 1.29 is 9.90 Å². The molecule has 1 unspecified atom stereocenters. The molecule has 0 aromatic heterocycles. The lowest BCUT2D eigenvalue weighted by atomic mass is 10.1. The van der Waals surface area contributed by atoms with Gasteiger partial charge in [0.25, 0.3) is 0 Å². The molecule has 1 aliphatic heterocycles. The van der Waals surface area contributed by atoms with Crippen LogP contribution in [0.25, 0.3) is 0 Å². The van der Waals surface area contributed by atoms with Crippen LogP contribution in [0.3, 0.4) is 0 Å². The summed E-state index contributed by atoms with van der Waals surface area (Å²) in [6, 6.07) is -0.208. The molecule has 0 aromatic carbocycles. The summed E-state index contributed by atoms with van der Waals surface area (Å²) in [7, 11) is -1.43. The molecule has 76 valence electrons. The molecular formula is C9H19NO2Si. The van der Waals surface area contributed by atoms with E-state index in [1.807, 2.05) is 0 Å². The lowest BCUT2D eigenvalue weighted by Crippen LogP contribution is -2.56. The largest absolute Gasteiger partial charge is 0.480 e. The number of carboxylic acids is 1. The van der Waals surface area contributed by atoms with Crippen LogP contribution >= 0.6 is 0 Å². The van der Waals surface area contributed by atoms with Crippen LogP contribution in [-0.4, -0.2) is 36.5 Å². The first-order valence-electron chi connectivity index (χ1n) is 4.92. The second-order valence-corrected chi connectivity index (χ2v) is 9.63. The van der Waals surface area contributed by atoms with E-state index in [4.69, 9.17) is 5.11 Å². The molecule has 0 saturated carbocycles.